The molecule has 0 amide bonds. The Kier molecular flexibility index (Phi) is 8.63. The SMILES string of the molecule is CCNC(=NCc1nc(C)c(C)s1)NCC1CCCN1C.I. The number of nitrogens with zero attached hydrogens (tertiary/aromatic N) is 3. The number of aliphatic imine (C=N–C) groups is 1. The van der Waals surface area contributed by atoms with Crippen molar-refractivity contribution in [3.05, 3.63) is 15.6 Å². The molecule has 126 valence electrons. The number of aromatic nitrogens is 1. The van der Waals surface area contributed by atoms with Crippen LogP contribution in [0.2, 0.25) is 0 Å². The normalized spacial score (nSPS) is 19.1. The number of guanidine groups is 1. The molecule has 1 aliphatic rings. The Bertz CT molecular complexity index is 469. The third-order valence-electron chi connectivity index (χ3n) is 3.97. The van der Waals surface area contributed by atoms with Crippen molar-refractivity contribution < 1.29 is 0 Å². The first-order chi connectivity index (χ1) is 10.1. The summed E-state index contributed by atoms with van der Waals surface area (Å²) in [6.45, 7) is 9.95. The number of rotatable bonds is 5. The molecule has 0 aromatic carbocycles. The molecule has 5 nitrogen and oxygen atoms in total. The quantitative estimate of drug-likeness (QED) is 0.423. The van der Waals surface area contributed by atoms with Crippen LogP contribution in [0, 0.1) is 13.8 Å². The minimum atomic E-state index is 0. The van der Waals surface area contributed by atoms with Crippen molar-refractivity contribution in [1.82, 2.24) is 20.5 Å². The van der Waals surface area contributed by atoms with E-state index in [1.165, 1.54) is 24.3 Å². The molecule has 1 aliphatic heterocycles. The highest BCUT2D eigenvalue weighted by Crippen LogP contribution is 2.17. The molecule has 1 aromatic heterocycles. The van der Waals surface area contributed by atoms with Crippen molar-refractivity contribution in [1.29, 1.82) is 0 Å². The summed E-state index contributed by atoms with van der Waals surface area (Å²) < 4.78 is 0. The number of hydrogen-bond acceptors (Lipinski definition) is 4. The fraction of sp³-hybridized carbons (Fsp3) is 0.733. The zero-order valence-corrected chi connectivity index (χ0v) is 17.1. The number of likely N-dealkylation sites (tertiary alicyclic amines) is 1. The van der Waals surface area contributed by atoms with Gasteiger partial charge in [-0.1, -0.05) is 0 Å². The molecule has 1 saturated heterocycles. The molecular formula is C15H28IN5S. The monoisotopic (exact) mass is 437 g/mol. The van der Waals surface area contributed by atoms with Crippen LogP contribution in [0.4, 0.5) is 0 Å². The fourth-order valence-electron chi connectivity index (χ4n) is 2.55. The highest BCUT2D eigenvalue weighted by molar-refractivity contribution is 14.0. The molecule has 0 aliphatic carbocycles. The molecule has 0 bridgehead atoms. The summed E-state index contributed by atoms with van der Waals surface area (Å²) in [5, 5.41) is 7.85. The lowest BCUT2D eigenvalue weighted by molar-refractivity contribution is 0.309. The minimum absolute atomic E-state index is 0. The molecule has 1 unspecified atom stereocenters. The Hall–Kier alpha value is -0.410. The van der Waals surface area contributed by atoms with E-state index in [1.54, 1.807) is 11.3 Å². The van der Waals surface area contributed by atoms with Gasteiger partial charge in [0.1, 0.15) is 5.01 Å². The average Bonchev–Trinajstić information content (AvgIpc) is 3.00. The topological polar surface area (TPSA) is 52.6 Å². The Morgan fingerprint density at radius 2 is 2.18 bits per heavy atom. The maximum atomic E-state index is 4.65. The highest BCUT2D eigenvalue weighted by atomic mass is 127. The van der Waals surface area contributed by atoms with Crippen molar-refractivity contribution in [2.45, 2.75) is 46.2 Å². The number of likely N-dealkylation sites (N-methyl/N-ethyl adjacent to an activating group) is 1. The molecule has 0 radical (unpaired) electrons. The summed E-state index contributed by atoms with van der Waals surface area (Å²) >= 11 is 1.74. The molecule has 2 N–H and O–H groups in total. The van der Waals surface area contributed by atoms with Gasteiger partial charge in [-0.2, -0.15) is 0 Å². The van der Waals surface area contributed by atoms with Gasteiger partial charge in [0.25, 0.3) is 0 Å². The zero-order valence-electron chi connectivity index (χ0n) is 14.0. The Labute approximate surface area is 155 Å². The van der Waals surface area contributed by atoms with Gasteiger partial charge in [-0.05, 0) is 47.2 Å². The number of halogens is 1. The summed E-state index contributed by atoms with van der Waals surface area (Å²) in [5.41, 5.74) is 1.12. The summed E-state index contributed by atoms with van der Waals surface area (Å²) in [6, 6.07) is 0.623. The van der Waals surface area contributed by atoms with Crippen molar-refractivity contribution in [2.75, 3.05) is 26.7 Å². The van der Waals surface area contributed by atoms with E-state index < -0.39 is 0 Å². The van der Waals surface area contributed by atoms with Gasteiger partial charge in [0.2, 0.25) is 0 Å². The van der Waals surface area contributed by atoms with Gasteiger partial charge in [-0.15, -0.1) is 35.3 Å². The number of thiazole rings is 1. The van der Waals surface area contributed by atoms with Crippen molar-refractivity contribution in [3.8, 4) is 0 Å². The van der Waals surface area contributed by atoms with Gasteiger partial charge in [0.05, 0.1) is 12.2 Å². The first-order valence-electron chi connectivity index (χ1n) is 7.75. The van der Waals surface area contributed by atoms with Crippen molar-refractivity contribution >= 4 is 41.3 Å². The van der Waals surface area contributed by atoms with Gasteiger partial charge < -0.3 is 15.5 Å². The Morgan fingerprint density at radius 3 is 2.73 bits per heavy atom. The van der Waals surface area contributed by atoms with Gasteiger partial charge in [0, 0.05) is 24.0 Å². The van der Waals surface area contributed by atoms with E-state index in [2.05, 4.69) is 53.3 Å². The van der Waals surface area contributed by atoms with E-state index in [1.807, 2.05) is 0 Å². The summed E-state index contributed by atoms with van der Waals surface area (Å²) in [4.78, 5) is 12.9. The zero-order chi connectivity index (χ0) is 15.2. The molecular weight excluding hydrogens is 409 g/mol. The summed E-state index contributed by atoms with van der Waals surface area (Å²) in [7, 11) is 2.20. The van der Waals surface area contributed by atoms with E-state index in [9.17, 15) is 0 Å². The number of hydrogen-bond donors (Lipinski definition) is 2. The molecule has 2 rings (SSSR count). The maximum absolute atomic E-state index is 4.65. The van der Waals surface area contributed by atoms with E-state index in [4.69, 9.17) is 0 Å². The average molecular weight is 437 g/mol. The Morgan fingerprint density at radius 1 is 1.41 bits per heavy atom. The maximum Gasteiger partial charge on any atom is 0.191 e. The van der Waals surface area contributed by atoms with Crippen LogP contribution in [-0.4, -0.2) is 48.6 Å². The standard InChI is InChI=1S/C15H27N5S.HI/c1-5-16-15(17-9-13-7-6-8-20(13)4)18-10-14-19-11(2)12(3)21-14;/h13H,5-10H2,1-4H3,(H2,16,17,18);1H. The van der Waals surface area contributed by atoms with Gasteiger partial charge in [-0.25, -0.2) is 9.98 Å². The molecule has 7 heteroatoms. The van der Waals surface area contributed by atoms with E-state index in [0.29, 0.717) is 12.6 Å². The second kappa shape index (κ2) is 9.67. The van der Waals surface area contributed by atoms with Crippen LogP contribution in [0.15, 0.2) is 4.99 Å². The van der Waals surface area contributed by atoms with Crippen LogP contribution in [0.25, 0.3) is 0 Å². The second-order valence-corrected chi connectivity index (χ2v) is 6.89. The molecule has 2 heterocycles. The van der Waals surface area contributed by atoms with Gasteiger partial charge in [-0.3, -0.25) is 0 Å². The second-order valence-electron chi connectivity index (χ2n) is 5.60. The lowest BCUT2D eigenvalue weighted by atomic mass is 10.2. The minimum Gasteiger partial charge on any atom is -0.357 e. The van der Waals surface area contributed by atoms with Crippen LogP contribution >= 0.6 is 35.3 Å². The predicted octanol–water partition coefficient (Wildman–Crippen LogP) is 2.53. The van der Waals surface area contributed by atoms with E-state index >= 15 is 0 Å². The van der Waals surface area contributed by atoms with Crippen molar-refractivity contribution in [2.24, 2.45) is 4.99 Å². The molecule has 1 fully saturated rings. The van der Waals surface area contributed by atoms with E-state index in [-0.39, 0.29) is 24.0 Å². The molecule has 22 heavy (non-hydrogen) atoms. The van der Waals surface area contributed by atoms with Crippen LogP contribution in [0.1, 0.15) is 35.3 Å². The highest BCUT2D eigenvalue weighted by Gasteiger charge is 2.20. The molecule has 0 saturated carbocycles. The molecule has 1 aromatic rings. The summed E-state index contributed by atoms with van der Waals surface area (Å²) in [6.07, 6.45) is 2.57. The lowest BCUT2D eigenvalue weighted by Crippen LogP contribution is -2.44. The number of nitrogens with one attached hydrogen (secondary N) is 2. The number of aryl methyl sites for hydroxylation is 2. The molecule has 0 spiro atoms. The first kappa shape index (κ1) is 19.6. The van der Waals surface area contributed by atoms with Crippen LogP contribution in [0.3, 0.4) is 0 Å². The largest absolute Gasteiger partial charge is 0.357 e. The summed E-state index contributed by atoms with van der Waals surface area (Å²) in [5.74, 6) is 0.892. The smallest absolute Gasteiger partial charge is 0.191 e. The Balaban J connectivity index is 0.00000242. The van der Waals surface area contributed by atoms with Crippen LogP contribution in [0.5, 0.6) is 0 Å². The first-order valence-corrected chi connectivity index (χ1v) is 8.57. The van der Waals surface area contributed by atoms with Gasteiger partial charge >= 0.3 is 0 Å². The van der Waals surface area contributed by atoms with E-state index in [0.717, 1.165) is 29.8 Å². The van der Waals surface area contributed by atoms with Gasteiger partial charge in [0.15, 0.2) is 5.96 Å². The predicted molar refractivity (Wildman–Crippen MR) is 105 cm³/mol. The van der Waals surface area contributed by atoms with Crippen LogP contribution in [-0.2, 0) is 6.54 Å². The third kappa shape index (κ3) is 5.66. The van der Waals surface area contributed by atoms with Crippen molar-refractivity contribution in [3.63, 3.8) is 0 Å². The fourth-order valence-corrected chi connectivity index (χ4v) is 3.41. The third-order valence-corrected chi connectivity index (χ3v) is 5.02. The lowest BCUT2D eigenvalue weighted by Gasteiger charge is -2.21. The van der Waals surface area contributed by atoms with Crippen LogP contribution < -0.4 is 10.6 Å². The molecule has 1 atom stereocenters.